The number of aromatic nitrogens is 2. The molecule has 7 heteroatoms. The van der Waals surface area contributed by atoms with E-state index in [1.807, 2.05) is 57.2 Å². The molecule has 156 valence electrons. The van der Waals surface area contributed by atoms with Crippen LogP contribution in [0.1, 0.15) is 40.9 Å². The van der Waals surface area contributed by atoms with Gasteiger partial charge in [-0.1, -0.05) is 53.2 Å². The Labute approximate surface area is 180 Å². The van der Waals surface area contributed by atoms with Crippen LogP contribution in [0.2, 0.25) is 0 Å². The molecule has 6 nitrogen and oxygen atoms in total. The zero-order chi connectivity index (χ0) is 21.7. The van der Waals surface area contributed by atoms with Gasteiger partial charge in [-0.2, -0.15) is 0 Å². The van der Waals surface area contributed by atoms with Crippen LogP contribution in [-0.2, 0) is 11.2 Å². The van der Waals surface area contributed by atoms with Crippen LogP contribution < -0.4 is 5.32 Å². The minimum Gasteiger partial charge on any atom is -0.411 e. The van der Waals surface area contributed by atoms with Crippen molar-refractivity contribution in [3.05, 3.63) is 64.7 Å². The normalized spacial score (nSPS) is 11.9. The summed E-state index contributed by atoms with van der Waals surface area (Å²) in [5.41, 5.74) is 4.83. The smallest absolute Gasteiger partial charge is 0.277 e. The van der Waals surface area contributed by atoms with Gasteiger partial charge in [0, 0.05) is 24.6 Å². The minimum atomic E-state index is -0.359. The summed E-state index contributed by atoms with van der Waals surface area (Å²) in [6.07, 6.45) is 0.724. The van der Waals surface area contributed by atoms with Crippen LogP contribution in [0.15, 0.2) is 52.1 Å². The van der Waals surface area contributed by atoms with E-state index in [1.165, 1.54) is 18.7 Å². The predicted octanol–water partition coefficient (Wildman–Crippen LogP) is 4.40. The molecule has 1 atom stereocenters. The number of hydrogen-bond acceptors (Lipinski definition) is 6. The van der Waals surface area contributed by atoms with Crippen molar-refractivity contribution in [2.45, 2.75) is 44.6 Å². The Kier molecular flexibility index (Phi) is 7.05. The Morgan fingerprint density at radius 3 is 2.37 bits per heavy atom. The molecule has 3 aromatic rings. The number of thioether (sulfide) groups is 1. The second-order valence-electron chi connectivity index (χ2n) is 7.30. The average Bonchev–Trinajstić information content (AvgIpc) is 3.15. The molecule has 1 aromatic heterocycles. The summed E-state index contributed by atoms with van der Waals surface area (Å²) in [7, 11) is 0. The molecule has 0 saturated heterocycles. The molecule has 0 aliphatic carbocycles. The van der Waals surface area contributed by atoms with Crippen LogP contribution in [0.4, 0.5) is 0 Å². The molecule has 0 fully saturated rings. The summed E-state index contributed by atoms with van der Waals surface area (Å²) in [6, 6.07) is 13.5. The summed E-state index contributed by atoms with van der Waals surface area (Å²) in [5, 5.41) is 11.0. The highest BCUT2D eigenvalue weighted by atomic mass is 32.2. The van der Waals surface area contributed by atoms with E-state index in [4.69, 9.17) is 4.42 Å². The quantitative estimate of drug-likeness (QED) is 0.427. The molecule has 1 amide bonds. The fourth-order valence-electron chi connectivity index (χ4n) is 3.13. The first-order valence-electron chi connectivity index (χ1n) is 9.78. The van der Waals surface area contributed by atoms with Crippen LogP contribution >= 0.6 is 11.8 Å². The Morgan fingerprint density at radius 1 is 1.07 bits per heavy atom. The number of amides is 1. The first-order chi connectivity index (χ1) is 14.3. The van der Waals surface area contributed by atoms with Crippen LogP contribution in [-0.4, -0.2) is 33.7 Å². The highest BCUT2D eigenvalue weighted by molar-refractivity contribution is 8.00. The molecule has 0 aliphatic rings. The van der Waals surface area contributed by atoms with E-state index in [9.17, 15) is 9.59 Å². The molecular formula is C23H25N3O3S. The molecule has 0 aliphatic heterocycles. The first kappa shape index (κ1) is 21.8. The molecule has 0 radical (unpaired) electrons. The van der Waals surface area contributed by atoms with Crippen molar-refractivity contribution in [2.24, 2.45) is 0 Å². The van der Waals surface area contributed by atoms with Gasteiger partial charge < -0.3 is 9.73 Å². The molecule has 2 aromatic carbocycles. The van der Waals surface area contributed by atoms with E-state index in [0.717, 1.165) is 28.7 Å². The van der Waals surface area contributed by atoms with Crippen molar-refractivity contribution in [2.75, 3.05) is 6.54 Å². The van der Waals surface area contributed by atoms with Crippen molar-refractivity contribution in [3.8, 4) is 11.5 Å². The minimum absolute atomic E-state index is 0.000407. The summed E-state index contributed by atoms with van der Waals surface area (Å²) < 4.78 is 5.77. The average molecular weight is 424 g/mol. The summed E-state index contributed by atoms with van der Waals surface area (Å²) in [6.45, 7) is 7.95. The van der Waals surface area contributed by atoms with Gasteiger partial charge in [-0.15, -0.1) is 10.2 Å². The van der Waals surface area contributed by atoms with Crippen LogP contribution in [0.5, 0.6) is 0 Å². The zero-order valence-electron chi connectivity index (χ0n) is 17.6. The third kappa shape index (κ3) is 5.79. The molecule has 0 unspecified atom stereocenters. The maximum atomic E-state index is 12.8. The fraction of sp³-hybridized carbons (Fsp3) is 0.304. The number of carbonyl (C=O) groups is 2. The third-order valence-corrected chi connectivity index (χ3v) is 5.48. The van der Waals surface area contributed by atoms with Crippen molar-refractivity contribution in [3.63, 3.8) is 0 Å². The van der Waals surface area contributed by atoms with Crippen molar-refractivity contribution in [1.82, 2.24) is 15.5 Å². The maximum Gasteiger partial charge on any atom is 0.277 e. The number of aryl methyl sites for hydroxylation is 2. The molecule has 0 bridgehead atoms. The number of ketones is 1. The van der Waals surface area contributed by atoms with E-state index in [-0.39, 0.29) is 16.9 Å². The van der Waals surface area contributed by atoms with Gasteiger partial charge in [0.1, 0.15) is 0 Å². The van der Waals surface area contributed by atoms with Crippen LogP contribution in [0.3, 0.4) is 0 Å². The van der Waals surface area contributed by atoms with Gasteiger partial charge in [0.15, 0.2) is 5.78 Å². The first-order valence-corrected chi connectivity index (χ1v) is 10.7. The van der Waals surface area contributed by atoms with Gasteiger partial charge >= 0.3 is 0 Å². The molecule has 30 heavy (non-hydrogen) atoms. The van der Waals surface area contributed by atoms with E-state index in [0.29, 0.717) is 23.2 Å². The highest BCUT2D eigenvalue weighted by Gasteiger charge is 2.20. The molecule has 1 heterocycles. The second-order valence-corrected chi connectivity index (χ2v) is 8.60. The molecule has 0 spiro atoms. The number of rotatable bonds is 8. The standard InChI is InChI=1S/C23H25N3O3S/c1-14-11-15(2)13-20(12-14)22-25-26-23(29-22)30-16(3)21(28)19-7-5-18(6-8-19)9-10-24-17(4)27/h5-8,11-13,16H,9-10H2,1-4H3,(H,24,27)/t16-/m0/s1. The Morgan fingerprint density at radius 2 is 1.73 bits per heavy atom. The molecular weight excluding hydrogens is 398 g/mol. The fourth-order valence-corrected chi connectivity index (χ4v) is 3.89. The Bertz CT molecular complexity index is 1020. The SMILES string of the molecule is CC(=O)NCCc1ccc(C(=O)[C@H](C)Sc2nnc(-c3cc(C)cc(C)c3)o2)cc1. The Balaban J connectivity index is 1.62. The molecule has 0 saturated carbocycles. The lowest BCUT2D eigenvalue weighted by Gasteiger charge is -2.08. The van der Waals surface area contributed by atoms with Gasteiger partial charge in [0.2, 0.25) is 11.8 Å². The van der Waals surface area contributed by atoms with Crippen LogP contribution in [0, 0.1) is 13.8 Å². The van der Waals surface area contributed by atoms with Gasteiger partial charge in [-0.05, 0) is 44.9 Å². The highest BCUT2D eigenvalue weighted by Crippen LogP contribution is 2.28. The summed E-state index contributed by atoms with van der Waals surface area (Å²) >= 11 is 1.25. The van der Waals surface area contributed by atoms with Crippen molar-refractivity contribution >= 4 is 23.5 Å². The topological polar surface area (TPSA) is 85.1 Å². The summed E-state index contributed by atoms with van der Waals surface area (Å²) in [5.74, 6) is 0.404. The number of nitrogens with one attached hydrogen (secondary N) is 1. The largest absolute Gasteiger partial charge is 0.411 e. The van der Waals surface area contributed by atoms with E-state index < -0.39 is 0 Å². The molecule has 1 N–H and O–H groups in total. The lowest BCUT2D eigenvalue weighted by Crippen LogP contribution is -2.22. The predicted molar refractivity (Wildman–Crippen MR) is 118 cm³/mol. The second kappa shape index (κ2) is 9.71. The van der Waals surface area contributed by atoms with Gasteiger partial charge in [0.25, 0.3) is 5.22 Å². The summed E-state index contributed by atoms with van der Waals surface area (Å²) in [4.78, 5) is 23.7. The van der Waals surface area contributed by atoms with Gasteiger partial charge in [-0.25, -0.2) is 0 Å². The van der Waals surface area contributed by atoms with Gasteiger partial charge in [-0.3, -0.25) is 9.59 Å². The lowest BCUT2D eigenvalue weighted by molar-refractivity contribution is -0.118. The lowest BCUT2D eigenvalue weighted by atomic mass is 10.0. The van der Waals surface area contributed by atoms with E-state index in [1.54, 1.807) is 0 Å². The number of nitrogens with zero attached hydrogens (tertiary/aromatic N) is 2. The zero-order valence-corrected chi connectivity index (χ0v) is 18.4. The monoisotopic (exact) mass is 423 g/mol. The van der Waals surface area contributed by atoms with E-state index >= 15 is 0 Å². The van der Waals surface area contributed by atoms with Crippen molar-refractivity contribution < 1.29 is 14.0 Å². The number of hydrogen-bond donors (Lipinski definition) is 1. The maximum absolute atomic E-state index is 12.8. The van der Waals surface area contributed by atoms with E-state index in [2.05, 4.69) is 21.6 Å². The van der Waals surface area contributed by atoms with Crippen LogP contribution in [0.25, 0.3) is 11.5 Å². The van der Waals surface area contributed by atoms with Crippen molar-refractivity contribution in [1.29, 1.82) is 0 Å². The Hall–Kier alpha value is -2.93. The third-order valence-electron chi connectivity index (χ3n) is 4.55. The number of benzene rings is 2. The number of Topliss-reactive ketones (excluding diaryl/α,β-unsaturated/α-hetero) is 1. The van der Waals surface area contributed by atoms with Gasteiger partial charge in [0.05, 0.1) is 5.25 Å². The number of carbonyl (C=O) groups excluding carboxylic acids is 2. The molecule has 3 rings (SSSR count).